The van der Waals surface area contributed by atoms with E-state index in [0.29, 0.717) is 23.6 Å². The topological polar surface area (TPSA) is 54.2 Å². The standard InChI is InChI=1S/C20H29ClFN5.HI/c1-6-23-20(24-11-10-16-18(21)8-7-9-19(16)22)25-13(2)12-17-14(3)26-27(5)15(17)4;/h7-9,13H,6,10-12H2,1-5H3,(H2,23,24,25);1H. The SMILES string of the molecule is CCNC(=NCCc1c(F)cccc1Cl)NC(C)Cc1c(C)nn(C)c1C.I. The minimum Gasteiger partial charge on any atom is -0.357 e. The van der Waals surface area contributed by atoms with Crippen LogP contribution in [0.1, 0.15) is 36.4 Å². The van der Waals surface area contributed by atoms with Crippen LogP contribution in [0.2, 0.25) is 5.02 Å². The summed E-state index contributed by atoms with van der Waals surface area (Å²) >= 11 is 6.08. The largest absolute Gasteiger partial charge is 0.357 e. The number of guanidine groups is 1. The number of aromatic nitrogens is 2. The number of benzene rings is 1. The van der Waals surface area contributed by atoms with E-state index in [4.69, 9.17) is 11.6 Å². The number of aryl methyl sites for hydroxylation is 2. The highest BCUT2D eigenvalue weighted by Gasteiger charge is 2.14. The maximum atomic E-state index is 13.9. The molecule has 0 saturated carbocycles. The van der Waals surface area contributed by atoms with Crippen molar-refractivity contribution in [3.05, 3.63) is 51.6 Å². The van der Waals surface area contributed by atoms with Crippen LogP contribution in [0, 0.1) is 19.7 Å². The lowest BCUT2D eigenvalue weighted by Crippen LogP contribution is -2.43. The van der Waals surface area contributed by atoms with Gasteiger partial charge in [0, 0.05) is 42.5 Å². The molecule has 0 radical (unpaired) electrons. The molecule has 0 spiro atoms. The third kappa shape index (κ3) is 6.62. The molecule has 2 aromatic rings. The Hall–Kier alpha value is -1.35. The predicted molar refractivity (Wildman–Crippen MR) is 125 cm³/mol. The molecule has 1 aromatic carbocycles. The van der Waals surface area contributed by atoms with Crippen LogP contribution in [0.15, 0.2) is 23.2 Å². The molecule has 156 valence electrons. The predicted octanol–water partition coefficient (Wildman–Crippen LogP) is 4.18. The Balaban J connectivity index is 0.00000392. The quantitative estimate of drug-likeness (QED) is 0.327. The zero-order valence-electron chi connectivity index (χ0n) is 17.1. The minimum absolute atomic E-state index is 0. The van der Waals surface area contributed by atoms with Crippen molar-refractivity contribution in [1.82, 2.24) is 20.4 Å². The van der Waals surface area contributed by atoms with E-state index in [1.54, 1.807) is 12.1 Å². The van der Waals surface area contributed by atoms with Crippen LogP contribution in [-0.4, -0.2) is 34.9 Å². The van der Waals surface area contributed by atoms with Gasteiger partial charge in [0.25, 0.3) is 0 Å². The first-order valence-corrected chi connectivity index (χ1v) is 9.68. The van der Waals surface area contributed by atoms with E-state index in [0.717, 1.165) is 24.6 Å². The second-order valence-electron chi connectivity index (χ2n) is 6.73. The van der Waals surface area contributed by atoms with Crippen LogP contribution in [0.25, 0.3) is 0 Å². The number of nitrogens with one attached hydrogen (secondary N) is 2. The third-order valence-corrected chi connectivity index (χ3v) is 4.94. The van der Waals surface area contributed by atoms with Crippen LogP contribution < -0.4 is 10.6 Å². The lowest BCUT2D eigenvalue weighted by atomic mass is 10.1. The Morgan fingerprint density at radius 3 is 2.61 bits per heavy atom. The summed E-state index contributed by atoms with van der Waals surface area (Å²) in [6, 6.07) is 4.92. The first kappa shape index (κ1) is 24.7. The molecule has 0 fully saturated rings. The lowest BCUT2D eigenvalue weighted by Gasteiger charge is -2.18. The summed E-state index contributed by atoms with van der Waals surface area (Å²) in [5.41, 5.74) is 4.00. The van der Waals surface area contributed by atoms with Crippen molar-refractivity contribution in [2.75, 3.05) is 13.1 Å². The molecule has 8 heteroatoms. The summed E-state index contributed by atoms with van der Waals surface area (Å²) in [4.78, 5) is 4.57. The van der Waals surface area contributed by atoms with Crippen molar-refractivity contribution in [2.24, 2.45) is 12.0 Å². The van der Waals surface area contributed by atoms with E-state index in [1.165, 1.54) is 17.3 Å². The molecule has 0 aliphatic carbocycles. The molecule has 5 nitrogen and oxygen atoms in total. The van der Waals surface area contributed by atoms with Crippen molar-refractivity contribution in [3.63, 3.8) is 0 Å². The van der Waals surface area contributed by atoms with Gasteiger partial charge in [0.1, 0.15) is 5.82 Å². The smallest absolute Gasteiger partial charge is 0.191 e. The minimum atomic E-state index is -0.286. The molecule has 0 aliphatic rings. The molecule has 1 atom stereocenters. The normalized spacial score (nSPS) is 12.5. The van der Waals surface area contributed by atoms with Crippen LogP contribution in [0.3, 0.4) is 0 Å². The zero-order chi connectivity index (χ0) is 20.0. The summed E-state index contributed by atoms with van der Waals surface area (Å²) in [6.07, 6.45) is 1.31. The summed E-state index contributed by atoms with van der Waals surface area (Å²) in [5.74, 6) is 0.434. The fourth-order valence-electron chi connectivity index (χ4n) is 3.07. The summed E-state index contributed by atoms with van der Waals surface area (Å²) < 4.78 is 15.8. The molecule has 1 aromatic heterocycles. The van der Waals surface area contributed by atoms with Gasteiger partial charge in [-0.15, -0.1) is 24.0 Å². The molecule has 0 bridgehead atoms. The fourth-order valence-corrected chi connectivity index (χ4v) is 3.33. The lowest BCUT2D eigenvalue weighted by molar-refractivity contribution is 0.608. The third-order valence-electron chi connectivity index (χ3n) is 4.59. The number of halogens is 3. The van der Waals surface area contributed by atoms with Gasteiger partial charge in [0.05, 0.1) is 5.69 Å². The Morgan fingerprint density at radius 1 is 1.32 bits per heavy atom. The monoisotopic (exact) mass is 521 g/mol. The number of nitrogens with zero attached hydrogens (tertiary/aromatic N) is 3. The first-order chi connectivity index (χ1) is 12.8. The average Bonchev–Trinajstić information content (AvgIpc) is 2.84. The maximum absolute atomic E-state index is 13.9. The molecule has 2 rings (SSSR count). The van der Waals surface area contributed by atoms with Crippen LogP contribution in [-0.2, 0) is 19.9 Å². The van der Waals surface area contributed by atoms with E-state index in [9.17, 15) is 4.39 Å². The van der Waals surface area contributed by atoms with Gasteiger partial charge < -0.3 is 10.6 Å². The van der Waals surface area contributed by atoms with Crippen molar-refractivity contribution >= 4 is 41.5 Å². The average molecular weight is 522 g/mol. The number of aliphatic imine (C=N–C) groups is 1. The van der Waals surface area contributed by atoms with E-state index in [2.05, 4.69) is 34.6 Å². The van der Waals surface area contributed by atoms with Gasteiger partial charge in [-0.05, 0) is 58.2 Å². The second-order valence-corrected chi connectivity index (χ2v) is 7.14. The van der Waals surface area contributed by atoms with Crippen molar-refractivity contribution in [3.8, 4) is 0 Å². The molecule has 1 heterocycles. The van der Waals surface area contributed by atoms with E-state index >= 15 is 0 Å². The molecule has 2 N–H and O–H groups in total. The Morgan fingerprint density at radius 2 is 2.04 bits per heavy atom. The van der Waals surface area contributed by atoms with E-state index in [-0.39, 0.29) is 35.8 Å². The zero-order valence-corrected chi connectivity index (χ0v) is 20.2. The Labute approximate surface area is 189 Å². The Bertz CT molecular complexity index is 786. The van der Waals surface area contributed by atoms with Gasteiger partial charge in [0.2, 0.25) is 0 Å². The van der Waals surface area contributed by atoms with Crippen LogP contribution in [0.4, 0.5) is 4.39 Å². The highest BCUT2D eigenvalue weighted by Crippen LogP contribution is 2.19. The molecule has 0 saturated heterocycles. The van der Waals surface area contributed by atoms with Gasteiger partial charge in [0.15, 0.2) is 5.96 Å². The molecule has 0 aliphatic heterocycles. The van der Waals surface area contributed by atoms with Crippen molar-refractivity contribution < 1.29 is 4.39 Å². The number of hydrogen-bond acceptors (Lipinski definition) is 2. The molecular weight excluding hydrogens is 492 g/mol. The van der Waals surface area contributed by atoms with Gasteiger partial charge in [-0.3, -0.25) is 9.67 Å². The maximum Gasteiger partial charge on any atom is 0.191 e. The van der Waals surface area contributed by atoms with Gasteiger partial charge in [-0.2, -0.15) is 5.10 Å². The van der Waals surface area contributed by atoms with Crippen LogP contribution in [0.5, 0.6) is 0 Å². The first-order valence-electron chi connectivity index (χ1n) is 9.30. The number of rotatable bonds is 7. The van der Waals surface area contributed by atoms with E-state index < -0.39 is 0 Å². The molecule has 0 amide bonds. The van der Waals surface area contributed by atoms with Gasteiger partial charge in [-0.25, -0.2) is 4.39 Å². The fraction of sp³-hybridized carbons (Fsp3) is 0.500. The highest BCUT2D eigenvalue weighted by molar-refractivity contribution is 14.0. The molecular formula is C20H30ClFIN5. The van der Waals surface area contributed by atoms with Gasteiger partial charge in [-0.1, -0.05) is 17.7 Å². The van der Waals surface area contributed by atoms with Gasteiger partial charge >= 0.3 is 0 Å². The summed E-state index contributed by atoms with van der Waals surface area (Å²) in [7, 11) is 1.96. The van der Waals surface area contributed by atoms with Crippen molar-refractivity contribution in [1.29, 1.82) is 0 Å². The van der Waals surface area contributed by atoms with E-state index in [1.807, 2.05) is 25.6 Å². The second kappa shape index (κ2) is 11.6. The van der Waals surface area contributed by atoms with Crippen LogP contribution >= 0.6 is 35.6 Å². The van der Waals surface area contributed by atoms with Crippen molar-refractivity contribution in [2.45, 2.75) is 46.6 Å². The summed E-state index contributed by atoms with van der Waals surface area (Å²) in [6.45, 7) is 9.46. The molecule has 28 heavy (non-hydrogen) atoms. The molecule has 1 unspecified atom stereocenters. The summed E-state index contributed by atoms with van der Waals surface area (Å²) in [5, 5.41) is 11.6. The Kier molecular flexibility index (Phi) is 10.2. The number of hydrogen-bond donors (Lipinski definition) is 2. The highest BCUT2D eigenvalue weighted by atomic mass is 127.